The van der Waals surface area contributed by atoms with E-state index < -0.39 is 0 Å². The van der Waals surface area contributed by atoms with Crippen molar-refractivity contribution in [3.05, 3.63) is 65.1 Å². The third-order valence-corrected chi connectivity index (χ3v) is 6.59. The Balaban J connectivity index is 1.63. The highest BCUT2D eigenvalue weighted by molar-refractivity contribution is 5.87. The van der Waals surface area contributed by atoms with Crippen LogP contribution in [0, 0.1) is 6.92 Å². The van der Waals surface area contributed by atoms with Gasteiger partial charge < -0.3 is 4.57 Å². The maximum Gasteiger partial charge on any atom is 0.0486 e. The molecule has 3 nitrogen and oxygen atoms in total. The van der Waals surface area contributed by atoms with Crippen molar-refractivity contribution in [1.82, 2.24) is 14.5 Å². The van der Waals surface area contributed by atoms with E-state index in [1.54, 1.807) is 11.3 Å². The standard InChI is InChI=1S/C23H27N3/c1-16-6-7-20-19(14-16)23-21-5-3-4-18(25(21)2)15-22(23)26(20)13-10-17-8-11-24-12-9-17/h6-9,11-12,14,18,21H,3-5,10,13,15H2,1-2H3. The van der Waals surface area contributed by atoms with Gasteiger partial charge in [0.1, 0.15) is 0 Å². The molecule has 0 saturated carbocycles. The normalized spacial score (nSPS) is 22.5. The molecule has 1 fully saturated rings. The zero-order chi connectivity index (χ0) is 17.7. The van der Waals surface area contributed by atoms with Gasteiger partial charge in [0.05, 0.1) is 0 Å². The largest absolute Gasteiger partial charge is 0.344 e. The zero-order valence-electron chi connectivity index (χ0n) is 15.8. The molecule has 1 saturated heterocycles. The average molecular weight is 345 g/mol. The number of fused-ring (bicyclic) bond motifs is 6. The maximum atomic E-state index is 4.15. The van der Waals surface area contributed by atoms with Crippen LogP contribution in [0.5, 0.6) is 0 Å². The summed E-state index contributed by atoms with van der Waals surface area (Å²) in [5.41, 5.74) is 7.39. The van der Waals surface area contributed by atoms with Gasteiger partial charge in [0.25, 0.3) is 0 Å². The van der Waals surface area contributed by atoms with Crippen molar-refractivity contribution in [3.8, 4) is 0 Å². The molecule has 2 atom stereocenters. The minimum atomic E-state index is 0.601. The van der Waals surface area contributed by atoms with Gasteiger partial charge in [0, 0.05) is 54.0 Å². The summed E-state index contributed by atoms with van der Waals surface area (Å²) < 4.78 is 2.63. The van der Waals surface area contributed by atoms with Crippen molar-refractivity contribution in [2.75, 3.05) is 7.05 Å². The number of pyridine rings is 1. The van der Waals surface area contributed by atoms with Gasteiger partial charge in [0.2, 0.25) is 0 Å². The Bertz CT molecular complexity index is 941. The van der Waals surface area contributed by atoms with Crippen molar-refractivity contribution in [3.63, 3.8) is 0 Å². The molecule has 0 amide bonds. The first-order valence-corrected chi connectivity index (χ1v) is 9.95. The van der Waals surface area contributed by atoms with Crippen LogP contribution < -0.4 is 0 Å². The van der Waals surface area contributed by atoms with E-state index in [0.717, 1.165) is 13.0 Å². The van der Waals surface area contributed by atoms with Crippen LogP contribution in [-0.2, 0) is 19.4 Å². The monoisotopic (exact) mass is 345 g/mol. The Hall–Kier alpha value is -2.13. The molecule has 0 radical (unpaired) electrons. The lowest BCUT2D eigenvalue weighted by atomic mass is 9.82. The summed E-state index contributed by atoms with van der Waals surface area (Å²) in [6, 6.07) is 12.6. The molecule has 3 heteroatoms. The highest BCUT2D eigenvalue weighted by atomic mass is 15.2. The van der Waals surface area contributed by atoms with Crippen molar-refractivity contribution in [2.45, 2.75) is 57.7 Å². The summed E-state index contributed by atoms with van der Waals surface area (Å²) in [5.74, 6) is 0. The first-order valence-electron chi connectivity index (χ1n) is 9.95. The molecular weight excluding hydrogens is 318 g/mol. The van der Waals surface area contributed by atoms with Crippen LogP contribution >= 0.6 is 0 Å². The van der Waals surface area contributed by atoms with Crippen LogP contribution in [0.25, 0.3) is 10.9 Å². The molecule has 0 N–H and O–H groups in total. The molecule has 134 valence electrons. The third kappa shape index (κ3) is 2.49. The molecule has 2 aliphatic rings. The lowest BCUT2D eigenvalue weighted by Gasteiger charge is -2.44. The van der Waals surface area contributed by atoms with E-state index in [4.69, 9.17) is 0 Å². The molecule has 2 aromatic heterocycles. The lowest BCUT2D eigenvalue weighted by Crippen LogP contribution is -2.44. The fourth-order valence-corrected chi connectivity index (χ4v) is 5.21. The summed E-state index contributed by atoms with van der Waals surface area (Å²) in [7, 11) is 2.34. The van der Waals surface area contributed by atoms with E-state index in [2.05, 4.69) is 58.8 Å². The number of hydrogen-bond acceptors (Lipinski definition) is 2. The molecular formula is C23H27N3. The number of aryl methyl sites for hydroxylation is 3. The van der Waals surface area contributed by atoms with Crippen molar-refractivity contribution < 1.29 is 0 Å². The summed E-state index contributed by atoms with van der Waals surface area (Å²) in [4.78, 5) is 6.81. The van der Waals surface area contributed by atoms with Gasteiger partial charge in [-0.3, -0.25) is 9.88 Å². The summed E-state index contributed by atoms with van der Waals surface area (Å²) in [6.45, 7) is 3.28. The minimum absolute atomic E-state index is 0.601. The number of benzene rings is 1. The summed E-state index contributed by atoms with van der Waals surface area (Å²) in [6.07, 6.45) is 10.1. The Kier molecular flexibility index (Phi) is 3.86. The minimum Gasteiger partial charge on any atom is -0.344 e. The summed E-state index contributed by atoms with van der Waals surface area (Å²) in [5, 5.41) is 1.49. The molecule has 1 aromatic carbocycles. The predicted molar refractivity (Wildman–Crippen MR) is 106 cm³/mol. The lowest BCUT2D eigenvalue weighted by molar-refractivity contribution is 0.0988. The fourth-order valence-electron chi connectivity index (χ4n) is 5.21. The molecule has 4 heterocycles. The van der Waals surface area contributed by atoms with Crippen molar-refractivity contribution in [1.29, 1.82) is 0 Å². The van der Waals surface area contributed by atoms with E-state index >= 15 is 0 Å². The highest BCUT2D eigenvalue weighted by Crippen LogP contribution is 2.45. The second-order valence-electron chi connectivity index (χ2n) is 8.11. The number of nitrogens with zero attached hydrogens (tertiary/aromatic N) is 3. The van der Waals surface area contributed by atoms with Crippen LogP contribution in [0.3, 0.4) is 0 Å². The van der Waals surface area contributed by atoms with E-state index in [-0.39, 0.29) is 0 Å². The third-order valence-electron chi connectivity index (χ3n) is 6.59. The van der Waals surface area contributed by atoms with Gasteiger partial charge in [-0.25, -0.2) is 0 Å². The molecule has 0 spiro atoms. The number of hydrogen-bond donors (Lipinski definition) is 0. The van der Waals surface area contributed by atoms with Gasteiger partial charge in [-0.15, -0.1) is 0 Å². The van der Waals surface area contributed by atoms with E-state index in [9.17, 15) is 0 Å². The van der Waals surface area contributed by atoms with Gasteiger partial charge in [-0.2, -0.15) is 0 Å². The van der Waals surface area contributed by atoms with Gasteiger partial charge in [-0.05, 0) is 75.0 Å². The number of rotatable bonds is 3. The maximum absolute atomic E-state index is 4.15. The van der Waals surface area contributed by atoms with Crippen LogP contribution in [0.4, 0.5) is 0 Å². The number of aromatic nitrogens is 2. The summed E-state index contributed by atoms with van der Waals surface area (Å²) >= 11 is 0. The van der Waals surface area contributed by atoms with Crippen LogP contribution in [0.15, 0.2) is 42.7 Å². The van der Waals surface area contributed by atoms with Gasteiger partial charge in [0.15, 0.2) is 0 Å². The van der Waals surface area contributed by atoms with E-state index in [0.29, 0.717) is 12.1 Å². The molecule has 5 rings (SSSR count). The SMILES string of the molecule is Cc1ccc2c(c1)c1c(n2CCc2ccncc2)CC2CCCC1N2C. The van der Waals surface area contributed by atoms with E-state index in [1.807, 2.05) is 12.4 Å². The zero-order valence-corrected chi connectivity index (χ0v) is 15.8. The fraction of sp³-hybridized carbons (Fsp3) is 0.435. The predicted octanol–water partition coefficient (Wildman–Crippen LogP) is 4.67. The number of likely N-dealkylation sites (N-methyl/N-ethyl adjacent to an activating group) is 1. The van der Waals surface area contributed by atoms with Gasteiger partial charge in [-0.1, -0.05) is 11.6 Å². The van der Waals surface area contributed by atoms with Crippen molar-refractivity contribution in [2.24, 2.45) is 0 Å². The van der Waals surface area contributed by atoms with Crippen LogP contribution in [0.2, 0.25) is 0 Å². The van der Waals surface area contributed by atoms with Crippen LogP contribution in [0.1, 0.15) is 47.7 Å². The smallest absolute Gasteiger partial charge is 0.0486 e. The van der Waals surface area contributed by atoms with Crippen molar-refractivity contribution >= 4 is 10.9 Å². The Labute approximate surface area is 155 Å². The Morgan fingerprint density at radius 3 is 2.81 bits per heavy atom. The highest BCUT2D eigenvalue weighted by Gasteiger charge is 2.38. The second kappa shape index (κ2) is 6.24. The average Bonchev–Trinajstić information content (AvgIpc) is 2.93. The first-order chi connectivity index (χ1) is 12.7. The van der Waals surface area contributed by atoms with Crippen LogP contribution in [-0.4, -0.2) is 27.5 Å². The molecule has 3 aromatic rings. The first kappa shape index (κ1) is 16.1. The van der Waals surface area contributed by atoms with Gasteiger partial charge >= 0.3 is 0 Å². The molecule has 2 bridgehead atoms. The second-order valence-corrected chi connectivity index (χ2v) is 8.11. The molecule has 26 heavy (non-hydrogen) atoms. The Morgan fingerprint density at radius 1 is 1.12 bits per heavy atom. The van der Waals surface area contributed by atoms with E-state index in [1.165, 1.54) is 47.7 Å². The molecule has 2 unspecified atom stereocenters. The Morgan fingerprint density at radius 2 is 1.96 bits per heavy atom. The quantitative estimate of drug-likeness (QED) is 0.688. The topological polar surface area (TPSA) is 21.1 Å². The number of piperidine rings is 1. The molecule has 2 aliphatic heterocycles. The molecule has 0 aliphatic carbocycles.